The number of aromatic nitrogens is 2. The minimum Gasteiger partial charge on any atom is -0.492 e. The summed E-state index contributed by atoms with van der Waals surface area (Å²) in [5.41, 5.74) is 8.52. The molecule has 1 aromatic carbocycles. The van der Waals surface area contributed by atoms with Crippen molar-refractivity contribution in [1.29, 1.82) is 0 Å². The molecular formula is C18H20Cl2N4O. The van der Waals surface area contributed by atoms with Gasteiger partial charge in [-0.1, -0.05) is 18.2 Å². The van der Waals surface area contributed by atoms with Crippen LogP contribution in [0.2, 0.25) is 10.3 Å². The van der Waals surface area contributed by atoms with E-state index in [0.717, 1.165) is 30.9 Å². The van der Waals surface area contributed by atoms with Gasteiger partial charge in [0.15, 0.2) is 0 Å². The molecule has 0 saturated carbocycles. The van der Waals surface area contributed by atoms with Gasteiger partial charge in [0.2, 0.25) is 5.28 Å². The average molecular weight is 379 g/mol. The molecule has 2 N–H and O–H groups in total. The van der Waals surface area contributed by atoms with E-state index in [-0.39, 0.29) is 5.28 Å². The summed E-state index contributed by atoms with van der Waals surface area (Å²) in [5, 5.41) is 0.487. The van der Waals surface area contributed by atoms with E-state index in [1.807, 2.05) is 12.1 Å². The first-order valence-electron chi connectivity index (χ1n) is 8.17. The van der Waals surface area contributed by atoms with E-state index in [1.165, 1.54) is 19.0 Å². The minimum atomic E-state index is 0.112. The summed E-state index contributed by atoms with van der Waals surface area (Å²) < 4.78 is 5.81. The lowest BCUT2D eigenvalue weighted by atomic mass is 10.0. The van der Waals surface area contributed by atoms with Gasteiger partial charge >= 0.3 is 0 Å². The van der Waals surface area contributed by atoms with Crippen molar-refractivity contribution in [3.8, 4) is 5.75 Å². The number of hydrogen-bond acceptors (Lipinski definition) is 5. The Labute approximate surface area is 157 Å². The SMILES string of the molecule is C=C(c1ccc(OCCN2CCCC2)cc1N)c1nc(Cl)ncc1Cl. The molecule has 7 heteroatoms. The van der Waals surface area contributed by atoms with Crippen LogP contribution in [0.5, 0.6) is 5.75 Å². The van der Waals surface area contributed by atoms with Gasteiger partial charge in [-0.15, -0.1) is 0 Å². The predicted molar refractivity (Wildman–Crippen MR) is 102 cm³/mol. The fourth-order valence-corrected chi connectivity index (χ4v) is 3.23. The maximum Gasteiger partial charge on any atom is 0.222 e. The van der Waals surface area contributed by atoms with Crippen molar-refractivity contribution < 1.29 is 4.74 Å². The summed E-state index contributed by atoms with van der Waals surface area (Å²) in [4.78, 5) is 10.4. The standard InChI is InChI=1S/C18H20Cl2N4O/c1-12(17-15(19)11-22-18(20)23-17)14-5-4-13(10-16(14)21)25-9-8-24-6-2-3-7-24/h4-5,10-11H,1-3,6-9,21H2. The third-order valence-corrected chi connectivity index (χ3v) is 4.68. The smallest absolute Gasteiger partial charge is 0.222 e. The van der Waals surface area contributed by atoms with Crippen LogP contribution in [0, 0.1) is 0 Å². The zero-order valence-electron chi connectivity index (χ0n) is 13.8. The molecule has 2 heterocycles. The molecule has 0 aliphatic carbocycles. The molecule has 0 radical (unpaired) electrons. The first-order valence-corrected chi connectivity index (χ1v) is 8.92. The first kappa shape index (κ1) is 18.0. The number of nitrogen functional groups attached to an aromatic ring is 1. The van der Waals surface area contributed by atoms with Gasteiger partial charge in [-0.2, -0.15) is 0 Å². The lowest BCUT2D eigenvalue weighted by Gasteiger charge is -2.16. The molecule has 2 aromatic rings. The molecule has 5 nitrogen and oxygen atoms in total. The summed E-state index contributed by atoms with van der Waals surface area (Å²) in [6, 6.07) is 5.52. The van der Waals surface area contributed by atoms with Gasteiger partial charge in [-0.05, 0) is 49.7 Å². The zero-order chi connectivity index (χ0) is 17.8. The summed E-state index contributed by atoms with van der Waals surface area (Å²) in [5.74, 6) is 0.736. The number of hydrogen-bond donors (Lipinski definition) is 1. The van der Waals surface area contributed by atoms with Crippen LogP contribution in [0.15, 0.2) is 31.0 Å². The van der Waals surface area contributed by atoms with Gasteiger partial charge in [0.25, 0.3) is 0 Å². The number of anilines is 1. The van der Waals surface area contributed by atoms with Gasteiger partial charge in [0.05, 0.1) is 16.9 Å². The van der Waals surface area contributed by atoms with Gasteiger partial charge < -0.3 is 10.5 Å². The molecule has 0 unspecified atom stereocenters. The Hall–Kier alpha value is -1.82. The van der Waals surface area contributed by atoms with Gasteiger partial charge in [0.1, 0.15) is 12.4 Å². The fourth-order valence-electron chi connectivity index (χ4n) is 2.89. The Balaban J connectivity index is 1.68. The highest BCUT2D eigenvalue weighted by atomic mass is 35.5. The van der Waals surface area contributed by atoms with E-state index in [0.29, 0.717) is 28.6 Å². The summed E-state index contributed by atoms with van der Waals surface area (Å²) in [6.07, 6.45) is 4.00. The number of nitrogens with zero attached hydrogens (tertiary/aromatic N) is 3. The monoisotopic (exact) mass is 378 g/mol. The molecule has 1 aliphatic heterocycles. The number of benzene rings is 1. The molecule has 1 saturated heterocycles. The quantitative estimate of drug-likeness (QED) is 0.609. The van der Waals surface area contributed by atoms with Crippen LogP contribution in [0.1, 0.15) is 24.1 Å². The molecule has 0 amide bonds. The van der Waals surface area contributed by atoms with Crippen LogP contribution in [-0.4, -0.2) is 41.1 Å². The van der Waals surface area contributed by atoms with Crippen molar-refractivity contribution in [3.05, 3.63) is 52.5 Å². The van der Waals surface area contributed by atoms with Crippen LogP contribution in [0.3, 0.4) is 0 Å². The Morgan fingerprint density at radius 3 is 2.76 bits per heavy atom. The molecule has 1 aliphatic rings. The van der Waals surface area contributed by atoms with E-state index in [2.05, 4.69) is 21.4 Å². The Kier molecular flexibility index (Phi) is 5.78. The van der Waals surface area contributed by atoms with E-state index in [4.69, 9.17) is 33.7 Å². The molecule has 0 bridgehead atoms. The molecule has 132 valence electrons. The summed E-state index contributed by atoms with van der Waals surface area (Å²) in [7, 11) is 0. The van der Waals surface area contributed by atoms with E-state index < -0.39 is 0 Å². The van der Waals surface area contributed by atoms with E-state index in [9.17, 15) is 0 Å². The second-order valence-corrected chi connectivity index (χ2v) is 6.71. The van der Waals surface area contributed by atoms with Crippen molar-refractivity contribution in [2.75, 3.05) is 32.0 Å². The van der Waals surface area contributed by atoms with Crippen LogP contribution in [0.4, 0.5) is 5.69 Å². The van der Waals surface area contributed by atoms with E-state index >= 15 is 0 Å². The van der Waals surface area contributed by atoms with Crippen molar-refractivity contribution in [2.24, 2.45) is 0 Å². The first-order chi connectivity index (χ1) is 12.0. The maximum absolute atomic E-state index is 6.17. The largest absolute Gasteiger partial charge is 0.492 e. The topological polar surface area (TPSA) is 64.3 Å². The van der Waals surface area contributed by atoms with Crippen LogP contribution in [0.25, 0.3) is 5.57 Å². The highest BCUT2D eigenvalue weighted by Gasteiger charge is 2.14. The highest BCUT2D eigenvalue weighted by Crippen LogP contribution is 2.32. The summed E-state index contributed by atoms with van der Waals surface area (Å²) in [6.45, 7) is 7.94. The fraction of sp³-hybridized carbons (Fsp3) is 0.333. The lowest BCUT2D eigenvalue weighted by Crippen LogP contribution is -2.25. The van der Waals surface area contributed by atoms with Gasteiger partial charge in [-0.3, -0.25) is 4.90 Å². The molecule has 0 atom stereocenters. The van der Waals surface area contributed by atoms with Gasteiger partial charge in [-0.25, -0.2) is 9.97 Å². The Morgan fingerprint density at radius 1 is 1.28 bits per heavy atom. The molecule has 25 heavy (non-hydrogen) atoms. The second kappa shape index (κ2) is 8.04. The second-order valence-electron chi connectivity index (χ2n) is 5.96. The zero-order valence-corrected chi connectivity index (χ0v) is 15.4. The molecule has 0 spiro atoms. The summed E-state index contributed by atoms with van der Waals surface area (Å²) >= 11 is 12.0. The van der Waals surface area contributed by atoms with Crippen LogP contribution in [-0.2, 0) is 0 Å². The number of halogens is 2. The number of ether oxygens (including phenoxy) is 1. The normalized spacial score (nSPS) is 14.6. The third-order valence-electron chi connectivity index (χ3n) is 4.22. The number of nitrogens with two attached hydrogens (primary N) is 1. The molecule has 3 rings (SSSR count). The lowest BCUT2D eigenvalue weighted by molar-refractivity contribution is 0.238. The average Bonchev–Trinajstić information content (AvgIpc) is 3.10. The maximum atomic E-state index is 6.17. The Morgan fingerprint density at radius 2 is 2.04 bits per heavy atom. The van der Waals surface area contributed by atoms with Crippen molar-refractivity contribution in [3.63, 3.8) is 0 Å². The van der Waals surface area contributed by atoms with E-state index in [1.54, 1.807) is 6.07 Å². The highest BCUT2D eigenvalue weighted by molar-refractivity contribution is 6.33. The molecule has 1 aromatic heterocycles. The Bertz CT molecular complexity index is 776. The van der Waals surface area contributed by atoms with Crippen LogP contribution < -0.4 is 10.5 Å². The van der Waals surface area contributed by atoms with Crippen molar-refractivity contribution >= 4 is 34.5 Å². The predicted octanol–water partition coefficient (Wildman–Crippen LogP) is 3.90. The number of likely N-dealkylation sites (tertiary alicyclic amines) is 1. The number of rotatable bonds is 6. The van der Waals surface area contributed by atoms with Crippen LogP contribution >= 0.6 is 23.2 Å². The van der Waals surface area contributed by atoms with Gasteiger partial charge in [0, 0.05) is 29.4 Å². The van der Waals surface area contributed by atoms with Crippen molar-refractivity contribution in [2.45, 2.75) is 12.8 Å². The molecular weight excluding hydrogens is 359 g/mol. The minimum absolute atomic E-state index is 0.112. The third kappa shape index (κ3) is 4.42. The molecule has 1 fully saturated rings. The van der Waals surface area contributed by atoms with Crippen molar-refractivity contribution in [1.82, 2.24) is 14.9 Å².